The lowest BCUT2D eigenvalue weighted by Gasteiger charge is -2.45. The third-order valence-electron chi connectivity index (χ3n) is 5.95. The number of aryl methyl sites for hydroxylation is 1. The molecule has 1 amide bonds. The molecular weight excluding hydrogens is 436 g/mol. The maximum atomic E-state index is 12.9. The van der Waals surface area contributed by atoms with E-state index in [1.54, 1.807) is 17.7 Å². The van der Waals surface area contributed by atoms with Gasteiger partial charge in [-0.25, -0.2) is 9.97 Å². The van der Waals surface area contributed by atoms with Gasteiger partial charge in [0.05, 0.1) is 11.9 Å². The van der Waals surface area contributed by atoms with Crippen molar-refractivity contribution in [2.45, 2.75) is 32.9 Å². The summed E-state index contributed by atoms with van der Waals surface area (Å²) in [7, 11) is 1.89. The lowest BCUT2D eigenvalue weighted by Crippen LogP contribution is -2.58. The molecule has 3 aromatic rings. The fraction of sp³-hybridized carbons (Fsp3) is 0.458. The van der Waals surface area contributed by atoms with Crippen LogP contribution >= 0.6 is 11.3 Å². The number of thiophene rings is 1. The zero-order valence-electron chi connectivity index (χ0n) is 19.7. The van der Waals surface area contributed by atoms with E-state index >= 15 is 0 Å². The van der Waals surface area contributed by atoms with E-state index in [1.807, 2.05) is 32.2 Å². The van der Waals surface area contributed by atoms with Gasteiger partial charge in [0, 0.05) is 43.5 Å². The number of hydrogen-bond acceptors (Lipinski definition) is 8. The van der Waals surface area contributed by atoms with Crippen molar-refractivity contribution in [2.75, 3.05) is 50.1 Å². The van der Waals surface area contributed by atoms with Gasteiger partial charge in [-0.3, -0.25) is 9.69 Å². The van der Waals surface area contributed by atoms with Crippen LogP contribution in [0.5, 0.6) is 5.75 Å². The predicted molar refractivity (Wildman–Crippen MR) is 134 cm³/mol. The Morgan fingerprint density at radius 1 is 1.21 bits per heavy atom. The second kappa shape index (κ2) is 10.5. The van der Waals surface area contributed by atoms with Crippen molar-refractivity contribution in [2.24, 2.45) is 0 Å². The molecule has 2 N–H and O–H groups in total. The summed E-state index contributed by atoms with van der Waals surface area (Å²) in [6, 6.07) is 8.34. The summed E-state index contributed by atoms with van der Waals surface area (Å²) in [5.74, 6) is 1.73. The minimum Gasteiger partial charge on any atom is -0.492 e. The normalized spacial score (nSPS) is 19.1. The van der Waals surface area contributed by atoms with E-state index in [0.29, 0.717) is 13.2 Å². The largest absolute Gasteiger partial charge is 0.492 e. The number of aromatic nitrogens is 2. The highest BCUT2D eigenvalue weighted by Crippen LogP contribution is 2.31. The van der Waals surface area contributed by atoms with Crippen molar-refractivity contribution in [3.8, 4) is 5.75 Å². The van der Waals surface area contributed by atoms with Crippen LogP contribution in [0.15, 0.2) is 36.0 Å². The second-order valence-corrected chi connectivity index (χ2v) is 9.51. The van der Waals surface area contributed by atoms with Gasteiger partial charge in [-0.05, 0) is 50.9 Å². The Kier molecular flexibility index (Phi) is 7.42. The number of hydrogen-bond donors (Lipinski definition) is 2. The number of fused-ring (bicyclic) bond motifs is 1. The van der Waals surface area contributed by atoms with Gasteiger partial charge in [0.2, 0.25) is 5.91 Å². The van der Waals surface area contributed by atoms with Crippen molar-refractivity contribution in [1.82, 2.24) is 20.2 Å². The molecule has 1 saturated heterocycles. The molecule has 9 heteroatoms. The fourth-order valence-corrected chi connectivity index (χ4v) is 5.18. The highest BCUT2D eigenvalue weighted by atomic mass is 32.1. The van der Waals surface area contributed by atoms with Crippen LogP contribution in [0, 0.1) is 6.92 Å². The molecule has 176 valence electrons. The first-order chi connectivity index (χ1) is 16.0. The topological polar surface area (TPSA) is 82.6 Å². The average Bonchev–Trinajstić information content (AvgIpc) is 3.25. The average molecular weight is 469 g/mol. The van der Waals surface area contributed by atoms with Gasteiger partial charge >= 0.3 is 0 Å². The maximum Gasteiger partial charge on any atom is 0.238 e. The van der Waals surface area contributed by atoms with Gasteiger partial charge in [-0.2, -0.15) is 0 Å². The maximum absolute atomic E-state index is 12.9. The van der Waals surface area contributed by atoms with Crippen molar-refractivity contribution >= 4 is 39.0 Å². The molecule has 8 nitrogen and oxygen atoms in total. The number of anilines is 2. The summed E-state index contributed by atoms with van der Waals surface area (Å²) >= 11 is 1.63. The first kappa shape index (κ1) is 23.4. The monoisotopic (exact) mass is 468 g/mol. The van der Waals surface area contributed by atoms with Crippen LogP contribution in [-0.4, -0.2) is 72.7 Å². The van der Waals surface area contributed by atoms with E-state index in [4.69, 9.17) is 4.74 Å². The second-order valence-electron chi connectivity index (χ2n) is 8.61. The van der Waals surface area contributed by atoms with Crippen molar-refractivity contribution in [3.63, 3.8) is 0 Å². The number of nitrogens with zero attached hydrogens (tertiary/aromatic N) is 4. The van der Waals surface area contributed by atoms with Gasteiger partial charge in [0.15, 0.2) is 0 Å². The van der Waals surface area contributed by atoms with Gasteiger partial charge in [-0.15, -0.1) is 11.3 Å². The molecule has 0 aliphatic carbocycles. The van der Waals surface area contributed by atoms with E-state index in [1.165, 1.54) is 0 Å². The van der Waals surface area contributed by atoms with Crippen LogP contribution in [0.1, 0.15) is 19.4 Å². The Bertz CT molecular complexity index is 1090. The zero-order valence-corrected chi connectivity index (χ0v) is 20.5. The molecule has 0 saturated carbocycles. The standard InChI is InChI=1S/C24H32N6O2S/c1-16-5-6-19(32-9-8-25-4)11-21(16)28-22(31)14-29-12-17(2)30(18(3)13-29)23-20-7-10-33-24(20)27-15-26-23/h5-7,10-11,15,17-18,25H,8-9,12-14H2,1-4H3,(H,28,31). The first-order valence-electron chi connectivity index (χ1n) is 11.3. The zero-order chi connectivity index (χ0) is 23.4. The predicted octanol–water partition coefficient (Wildman–Crippen LogP) is 3.14. The molecule has 1 aliphatic rings. The van der Waals surface area contributed by atoms with Crippen LogP contribution in [0.3, 0.4) is 0 Å². The van der Waals surface area contributed by atoms with Crippen LogP contribution in [0.25, 0.3) is 10.2 Å². The molecule has 1 aromatic carbocycles. The number of ether oxygens (including phenoxy) is 1. The molecule has 0 radical (unpaired) electrons. The summed E-state index contributed by atoms with van der Waals surface area (Å²) in [6.45, 7) is 9.65. The third-order valence-corrected chi connectivity index (χ3v) is 6.77. The molecule has 0 bridgehead atoms. The number of rotatable bonds is 8. The molecule has 2 atom stereocenters. The molecule has 3 heterocycles. The Labute approximate surface area is 199 Å². The smallest absolute Gasteiger partial charge is 0.238 e. The number of nitrogens with one attached hydrogen (secondary N) is 2. The van der Waals surface area contributed by atoms with Crippen LogP contribution < -0.4 is 20.3 Å². The molecule has 2 unspecified atom stereocenters. The molecule has 33 heavy (non-hydrogen) atoms. The number of carbonyl (C=O) groups is 1. The number of likely N-dealkylation sites (N-methyl/N-ethyl adjacent to an activating group) is 1. The van der Waals surface area contributed by atoms with Crippen molar-refractivity contribution in [3.05, 3.63) is 41.5 Å². The minimum absolute atomic E-state index is 0.0133. The molecule has 4 rings (SSSR count). The van der Waals surface area contributed by atoms with Crippen molar-refractivity contribution in [1.29, 1.82) is 0 Å². The van der Waals surface area contributed by atoms with E-state index in [2.05, 4.69) is 55.7 Å². The fourth-order valence-electron chi connectivity index (χ4n) is 4.45. The third kappa shape index (κ3) is 5.43. The van der Waals surface area contributed by atoms with E-state index < -0.39 is 0 Å². The Morgan fingerprint density at radius 3 is 2.76 bits per heavy atom. The van der Waals surface area contributed by atoms with Crippen LogP contribution in [0.4, 0.5) is 11.5 Å². The summed E-state index contributed by atoms with van der Waals surface area (Å²) in [5, 5.41) is 9.29. The molecule has 2 aromatic heterocycles. The van der Waals surface area contributed by atoms with Crippen LogP contribution in [-0.2, 0) is 4.79 Å². The number of piperazine rings is 1. The summed E-state index contributed by atoms with van der Waals surface area (Å²) in [5.41, 5.74) is 1.81. The number of benzene rings is 1. The highest BCUT2D eigenvalue weighted by molar-refractivity contribution is 7.16. The minimum atomic E-state index is -0.0133. The summed E-state index contributed by atoms with van der Waals surface area (Å²) < 4.78 is 5.74. The lowest BCUT2D eigenvalue weighted by molar-refractivity contribution is -0.117. The Hall–Kier alpha value is -2.75. The van der Waals surface area contributed by atoms with Gasteiger partial charge in [0.25, 0.3) is 0 Å². The highest BCUT2D eigenvalue weighted by Gasteiger charge is 2.32. The SMILES string of the molecule is CNCCOc1ccc(C)c(NC(=O)CN2CC(C)N(c3ncnc4sccc34)C(C)C2)c1. The van der Waals surface area contributed by atoms with Crippen LogP contribution in [0.2, 0.25) is 0 Å². The quantitative estimate of drug-likeness (QED) is 0.492. The van der Waals surface area contributed by atoms with Gasteiger partial charge < -0.3 is 20.3 Å². The summed E-state index contributed by atoms with van der Waals surface area (Å²) in [6.07, 6.45) is 1.65. The van der Waals surface area contributed by atoms with Gasteiger partial charge in [-0.1, -0.05) is 6.07 Å². The lowest BCUT2D eigenvalue weighted by atomic mass is 10.1. The molecule has 1 fully saturated rings. The van der Waals surface area contributed by atoms with E-state index in [-0.39, 0.29) is 18.0 Å². The Balaban J connectivity index is 1.38. The van der Waals surface area contributed by atoms with E-state index in [0.717, 1.165) is 52.7 Å². The number of amides is 1. The van der Waals surface area contributed by atoms with E-state index in [9.17, 15) is 4.79 Å². The molecular formula is C24H32N6O2S. The molecule has 1 aliphatic heterocycles. The Morgan fingerprint density at radius 2 is 2.00 bits per heavy atom. The van der Waals surface area contributed by atoms with Gasteiger partial charge in [0.1, 0.15) is 29.3 Å². The first-order valence-corrected chi connectivity index (χ1v) is 12.2. The molecule has 0 spiro atoms. The van der Waals surface area contributed by atoms with Crippen molar-refractivity contribution < 1.29 is 9.53 Å². The summed E-state index contributed by atoms with van der Waals surface area (Å²) in [4.78, 5) is 27.4. The number of carbonyl (C=O) groups excluding carboxylic acids is 1.